The van der Waals surface area contributed by atoms with Crippen molar-refractivity contribution >= 4 is 17.4 Å². The van der Waals surface area contributed by atoms with Gasteiger partial charge in [0.15, 0.2) is 0 Å². The molecular formula is C32H29F2N3O2. The highest BCUT2D eigenvalue weighted by Crippen LogP contribution is 2.35. The van der Waals surface area contributed by atoms with E-state index < -0.39 is 23.9 Å². The lowest BCUT2D eigenvalue weighted by molar-refractivity contribution is 0.0854. The van der Waals surface area contributed by atoms with Gasteiger partial charge in [-0.2, -0.15) is 0 Å². The number of aliphatic hydroxyl groups excluding tert-OH is 1. The maximum Gasteiger partial charge on any atom is 0.254 e. The Morgan fingerprint density at radius 3 is 2.44 bits per heavy atom. The molecule has 4 aromatic carbocycles. The number of carbonyl (C=O) groups excluding carboxylic acids is 1. The van der Waals surface area contributed by atoms with E-state index in [0.29, 0.717) is 24.2 Å². The second-order valence-electron chi connectivity index (χ2n) is 9.81. The zero-order chi connectivity index (χ0) is 27.5. The summed E-state index contributed by atoms with van der Waals surface area (Å²) in [7, 11) is 1.90. The van der Waals surface area contributed by atoms with E-state index in [1.807, 2.05) is 67.4 Å². The van der Waals surface area contributed by atoms with Crippen LogP contribution in [0.3, 0.4) is 0 Å². The second kappa shape index (κ2) is 11.2. The van der Waals surface area contributed by atoms with Gasteiger partial charge < -0.3 is 15.3 Å². The summed E-state index contributed by atoms with van der Waals surface area (Å²) < 4.78 is 28.2. The van der Waals surface area contributed by atoms with Gasteiger partial charge >= 0.3 is 0 Å². The van der Waals surface area contributed by atoms with Crippen molar-refractivity contribution in [3.63, 3.8) is 0 Å². The summed E-state index contributed by atoms with van der Waals surface area (Å²) in [5.41, 5.74) is 4.74. The first kappa shape index (κ1) is 26.3. The van der Waals surface area contributed by atoms with E-state index in [0.717, 1.165) is 28.1 Å². The molecule has 0 bridgehead atoms. The summed E-state index contributed by atoms with van der Waals surface area (Å²) in [6, 6.07) is 25.2. The number of hydrogen-bond acceptors (Lipinski definition) is 3. The van der Waals surface area contributed by atoms with Crippen molar-refractivity contribution < 1.29 is 18.7 Å². The molecule has 0 saturated carbocycles. The molecule has 0 radical (unpaired) electrons. The molecule has 0 fully saturated rings. The lowest BCUT2D eigenvalue weighted by atomic mass is 10.0. The number of aliphatic imine (C=N–C) groups is 1. The number of amidine groups is 1. The van der Waals surface area contributed by atoms with Crippen molar-refractivity contribution in [2.75, 3.05) is 7.05 Å². The van der Waals surface area contributed by atoms with Gasteiger partial charge in [0.25, 0.3) is 5.91 Å². The topological polar surface area (TPSA) is 64.9 Å². The van der Waals surface area contributed by atoms with E-state index in [1.54, 1.807) is 18.2 Å². The zero-order valence-electron chi connectivity index (χ0n) is 21.7. The molecule has 39 heavy (non-hydrogen) atoms. The lowest BCUT2D eigenvalue weighted by Crippen LogP contribution is -2.34. The molecule has 5 rings (SSSR count). The molecule has 5 nitrogen and oxygen atoms in total. The SMILES string of the molecule is CC(=Nc1ccc2c(c1)C(NC(=O)c1ccc(-c3ccccc3)cc1F)C(O)C2)N(C)Cc1ccc(F)cc1. The van der Waals surface area contributed by atoms with Crippen LogP contribution < -0.4 is 5.32 Å². The summed E-state index contributed by atoms with van der Waals surface area (Å²) in [5, 5.41) is 13.6. The Balaban J connectivity index is 1.32. The predicted molar refractivity (Wildman–Crippen MR) is 149 cm³/mol. The molecule has 0 heterocycles. The van der Waals surface area contributed by atoms with Gasteiger partial charge in [0, 0.05) is 20.0 Å². The van der Waals surface area contributed by atoms with Gasteiger partial charge in [-0.05, 0) is 71.1 Å². The summed E-state index contributed by atoms with van der Waals surface area (Å²) in [5.74, 6) is -0.743. The Bertz CT molecular complexity index is 1520. The van der Waals surface area contributed by atoms with Gasteiger partial charge in [-0.1, -0.05) is 54.6 Å². The summed E-state index contributed by atoms with van der Waals surface area (Å²) in [4.78, 5) is 19.7. The van der Waals surface area contributed by atoms with E-state index in [-0.39, 0.29) is 11.4 Å². The molecule has 7 heteroatoms. The lowest BCUT2D eigenvalue weighted by Gasteiger charge is -2.20. The number of rotatable bonds is 6. The van der Waals surface area contributed by atoms with Gasteiger partial charge in [0.05, 0.1) is 23.4 Å². The standard InChI is InChI=1S/C32H29F2N3O2/c1-20(37(2)19-21-8-12-25(33)13-9-21)35-26-14-10-24-17-30(38)31(28(24)18-26)36-32(39)27-15-11-23(16-29(27)34)22-6-4-3-5-7-22/h3-16,18,30-31,38H,17,19H2,1-2H3,(H,36,39). The normalized spacial score (nSPS) is 16.6. The number of nitrogens with one attached hydrogen (secondary N) is 1. The minimum absolute atomic E-state index is 0.0808. The van der Waals surface area contributed by atoms with E-state index in [9.17, 15) is 18.7 Å². The summed E-state index contributed by atoms with van der Waals surface area (Å²) >= 11 is 0. The van der Waals surface area contributed by atoms with Gasteiger partial charge in [-0.15, -0.1) is 0 Å². The van der Waals surface area contributed by atoms with E-state index in [1.165, 1.54) is 24.3 Å². The minimum atomic E-state index is -0.836. The third kappa shape index (κ3) is 5.89. The second-order valence-corrected chi connectivity index (χ2v) is 9.81. The highest BCUT2D eigenvalue weighted by atomic mass is 19.1. The van der Waals surface area contributed by atoms with Crippen LogP contribution >= 0.6 is 0 Å². The average molecular weight is 526 g/mol. The molecule has 2 atom stereocenters. The maximum absolute atomic E-state index is 14.9. The number of carbonyl (C=O) groups is 1. The fraction of sp³-hybridized carbons (Fsp3) is 0.188. The predicted octanol–water partition coefficient (Wildman–Crippen LogP) is 6.20. The van der Waals surface area contributed by atoms with Crippen LogP contribution in [0.4, 0.5) is 14.5 Å². The van der Waals surface area contributed by atoms with Crippen molar-refractivity contribution in [2.24, 2.45) is 4.99 Å². The number of hydrogen-bond donors (Lipinski definition) is 2. The molecule has 1 amide bonds. The van der Waals surface area contributed by atoms with Crippen LogP contribution in [0.25, 0.3) is 11.1 Å². The first-order valence-electron chi connectivity index (χ1n) is 12.8. The van der Waals surface area contributed by atoms with Crippen LogP contribution in [0.2, 0.25) is 0 Å². The summed E-state index contributed by atoms with van der Waals surface area (Å²) in [6.07, 6.45) is -0.458. The van der Waals surface area contributed by atoms with E-state index in [4.69, 9.17) is 4.99 Å². The quantitative estimate of drug-likeness (QED) is 0.233. The van der Waals surface area contributed by atoms with Crippen LogP contribution in [0.15, 0.2) is 96.0 Å². The monoisotopic (exact) mass is 525 g/mol. The van der Waals surface area contributed by atoms with Crippen molar-refractivity contribution in [3.8, 4) is 11.1 Å². The molecule has 0 spiro atoms. The highest BCUT2D eigenvalue weighted by molar-refractivity contribution is 5.95. The van der Waals surface area contributed by atoms with Crippen molar-refractivity contribution in [3.05, 3.63) is 125 Å². The van der Waals surface area contributed by atoms with Crippen molar-refractivity contribution in [1.29, 1.82) is 0 Å². The van der Waals surface area contributed by atoms with Crippen LogP contribution in [0.1, 0.15) is 40.0 Å². The third-order valence-electron chi connectivity index (χ3n) is 7.06. The van der Waals surface area contributed by atoms with E-state index in [2.05, 4.69) is 5.32 Å². The third-order valence-corrected chi connectivity index (χ3v) is 7.06. The molecule has 1 aliphatic carbocycles. The van der Waals surface area contributed by atoms with Crippen molar-refractivity contribution in [2.45, 2.75) is 32.0 Å². The molecule has 198 valence electrons. The largest absolute Gasteiger partial charge is 0.390 e. The zero-order valence-corrected chi connectivity index (χ0v) is 21.7. The van der Waals surface area contributed by atoms with Crippen molar-refractivity contribution in [1.82, 2.24) is 10.2 Å². The van der Waals surface area contributed by atoms with Crippen LogP contribution in [0, 0.1) is 11.6 Å². The van der Waals surface area contributed by atoms with Crippen LogP contribution in [-0.4, -0.2) is 34.9 Å². The Kier molecular flexibility index (Phi) is 7.52. The molecule has 2 unspecified atom stereocenters. The molecule has 0 aromatic heterocycles. The molecule has 2 N–H and O–H groups in total. The number of aliphatic hydroxyl groups is 1. The Hall–Kier alpha value is -4.36. The Morgan fingerprint density at radius 1 is 0.974 bits per heavy atom. The highest BCUT2D eigenvalue weighted by Gasteiger charge is 2.33. The first-order chi connectivity index (χ1) is 18.8. The Morgan fingerprint density at radius 2 is 1.72 bits per heavy atom. The fourth-order valence-electron chi connectivity index (χ4n) is 4.83. The molecule has 1 aliphatic rings. The van der Waals surface area contributed by atoms with Crippen LogP contribution in [0.5, 0.6) is 0 Å². The fourth-order valence-corrected chi connectivity index (χ4v) is 4.83. The average Bonchev–Trinajstić information content (AvgIpc) is 3.24. The molecule has 0 aliphatic heterocycles. The maximum atomic E-state index is 14.9. The molecular weight excluding hydrogens is 496 g/mol. The first-order valence-corrected chi connectivity index (χ1v) is 12.8. The van der Waals surface area contributed by atoms with Gasteiger partial charge in [0.2, 0.25) is 0 Å². The summed E-state index contributed by atoms with van der Waals surface area (Å²) in [6.45, 7) is 2.44. The van der Waals surface area contributed by atoms with Gasteiger partial charge in [-0.3, -0.25) is 4.79 Å². The van der Waals surface area contributed by atoms with E-state index >= 15 is 0 Å². The Labute approximate surface area is 226 Å². The molecule has 4 aromatic rings. The van der Waals surface area contributed by atoms with Gasteiger partial charge in [0.1, 0.15) is 17.5 Å². The smallest absolute Gasteiger partial charge is 0.254 e. The van der Waals surface area contributed by atoms with Crippen LogP contribution in [-0.2, 0) is 13.0 Å². The van der Waals surface area contributed by atoms with Gasteiger partial charge in [-0.25, -0.2) is 13.8 Å². The number of amides is 1. The number of fused-ring (bicyclic) bond motifs is 1. The molecule has 0 saturated heterocycles. The number of benzene rings is 4. The number of nitrogens with zero attached hydrogens (tertiary/aromatic N) is 2. The minimum Gasteiger partial charge on any atom is -0.390 e. The number of halogens is 2.